The molecule has 0 radical (unpaired) electrons. The van der Waals surface area contributed by atoms with Gasteiger partial charge in [-0.25, -0.2) is 18.8 Å². The van der Waals surface area contributed by atoms with Crippen LogP contribution in [0.1, 0.15) is 64.0 Å². The third-order valence-corrected chi connectivity index (χ3v) is 10.5. The lowest BCUT2D eigenvalue weighted by molar-refractivity contribution is 0.217. The van der Waals surface area contributed by atoms with Crippen molar-refractivity contribution in [2.75, 3.05) is 30.8 Å². The number of sulfone groups is 1. The van der Waals surface area contributed by atoms with Crippen molar-refractivity contribution < 1.29 is 13.2 Å². The monoisotopic (exact) mass is 589 g/mol. The molecule has 5 rings (SSSR count). The van der Waals surface area contributed by atoms with E-state index in [0.717, 1.165) is 43.8 Å². The van der Waals surface area contributed by atoms with E-state index in [1.54, 1.807) is 32.1 Å². The molecule has 2 fully saturated rings. The zero-order valence-corrected chi connectivity index (χ0v) is 25.6. The van der Waals surface area contributed by atoms with E-state index in [1.165, 1.54) is 17.3 Å². The van der Waals surface area contributed by atoms with Crippen molar-refractivity contribution in [3.8, 4) is 5.75 Å². The fourth-order valence-electron chi connectivity index (χ4n) is 5.35. The molecule has 2 aliphatic heterocycles. The topological polar surface area (TPSA) is 121 Å². The number of hydrogen-bond donors (Lipinski definition) is 4. The Hall–Kier alpha value is -2.60. The maximum absolute atomic E-state index is 13.0. The van der Waals surface area contributed by atoms with Crippen molar-refractivity contribution in [2.45, 2.75) is 76.5 Å². The average molecular weight is 590 g/mol. The number of nitrogens with zero attached hydrogens (tertiary/aromatic N) is 3. The summed E-state index contributed by atoms with van der Waals surface area (Å²) in [7, 11) is -1.75. The van der Waals surface area contributed by atoms with Crippen LogP contribution in [0.2, 0.25) is 5.02 Å². The fourth-order valence-corrected chi connectivity index (χ4v) is 6.82. The van der Waals surface area contributed by atoms with Crippen molar-refractivity contribution in [1.82, 2.24) is 25.7 Å². The smallest absolute Gasteiger partial charge is 0.229 e. The highest BCUT2D eigenvalue weighted by atomic mass is 35.5. The van der Waals surface area contributed by atoms with E-state index in [2.05, 4.69) is 64.2 Å². The molecular formula is C28H40ClN7O3S. The first kappa shape index (κ1) is 28.9. The Bertz CT molecular complexity index is 1410. The first-order valence-electron chi connectivity index (χ1n) is 13.9. The molecule has 10 nitrogen and oxygen atoms in total. The third-order valence-electron chi connectivity index (χ3n) is 7.87. The largest absolute Gasteiger partial charge is 0.488 e. The van der Waals surface area contributed by atoms with E-state index in [4.69, 9.17) is 16.3 Å². The highest BCUT2D eigenvalue weighted by Gasteiger charge is 2.37. The van der Waals surface area contributed by atoms with E-state index in [1.807, 2.05) is 0 Å². The standard InChI is InChI=1S/C28H40ClN7O3S/c1-16(2)40(37,38)26-23(14-36(6)35-26)32-25-21(29)13-31-27(34-25)33-22-11-17(3)19(12-24(22)39-18-7-8-18)20-9-10-30-15-28(20,4)5/h11-14,16,18,20,26,30,35H,7-10,15H2,1-6H3,(H2,31,32,33,34). The first-order chi connectivity index (χ1) is 18.8. The molecule has 12 heteroatoms. The minimum Gasteiger partial charge on any atom is -0.488 e. The summed E-state index contributed by atoms with van der Waals surface area (Å²) in [6.07, 6.45) is 6.57. The maximum Gasteiger partial charge on any atom is 0.229 e. The molecular weight excluding hydrogens is 550 g/mol. The van der Waals surface area contributed by atoms with Crippen molar-refractivity contribution in [3.05, 3.63) is 46.4 Å². The molecule has 2 aromatic rings. The van der Waals surface area contributed by atoms with Crippen molar-refractivity contribution in [3.63, 3.8) is 0 Å². The van der Waals surface area contributed by atoms with E-state index in [0.29, 0.717) is 23.4 Å². The van der Waals surface area contributed by atoms with E-state index in [-0.39, 0.29) is 16.5 Å². The molecule has 0 amide bonds. The average Bonchev–Trinajstić information content (AvgIpc) is 3.62. The Morgan fingerprint density at radius 2 is 1.95 bits per heavy atom. The van der Waals surface area contributed by atoms with Gasteiger partial charge in [0.25, 0.3) is 0 Å². The summed E-state index contributed by atoms with van der Waals surface area (Å²) in [6.45, 7) is 12.1. The lowest BCUT2D eigenvalue weighted by Gasteiger charge is -2.40. The number of hydrazine groups is 1. The Morgan fingerprint density at radius 1 is 1.20 bits per heavy atom. The Balaban J connectivity index is 1.43. The number of hydrogen-bond acceptors (Lipinski definition) is 10. The second kappa shape index (κ2) is 11.0. The highest BCUT2D eigenvalue weighted by Crippen LogP contribution is 2.45. The normalized spacial score (nSPS) is 22.8. The van der Waals surface area contributed by atoms with Crippen LogP contribution in [0, 0.1) is 12.3 Å². The van der Waals surface area contributed by atoms with Gasteiger partial charge in [-0.15, -0.1) is 0 Å². The third kappa shape index (κ3) is 6.02. The summed E-state index contributed by atoms with van der Waals surface area (Å²) in [5.41, 5.74) is 6.82. The van der Waals surface area contributed by atoms with Crippen LogP contribution in [0.3, 0.4) is 0 Å². The molecule has 2 atom stereocenters. The number of ether oxygens (including phenoxy) is 1. The van der Waals surface area contributed by atoms with Crippen molar-refractivity contribution in [1.29, 1.82) is 0 Å². The number of nitrogens with one attached hydrogen (secondary N) is 4. The summed E-state index contributed by atoms with van der Waals surface area (Å²) in [5.74, 6) is 1.84. The van der Waals surface area contributed by atoms with Crippen LogP contribution in [0.15, 0.2) is 30.2 Å². The second-order valence-corrected chi connectivity index (χ2v) is 15.0. The summed E-state index contributed by atoms with van der Waals surface area (Å²) in [6, 6.07) is 4.30. The van der Waals surface area contributed by atoms with Crippen LogP contribution in [0.25, 0.3) is 0 Å². The molecule has 1 aliphatic carbocycles. The number of aryl methyl sites for hydroxylation is 1. The number of rotatable bonds is 9. The summed E-state index contributed by atoms with van der Waals surface area (Å²) < 4.78 is 32.3. The Labute approximate surface area is 242 Å². The van der Waals surface area contributed by atoms with Crippen LogP contribution < -0.4 is 26.1 Å². The van der Waals surface area contributed by atoms with Gasteiger partial charge in [-0.05, 0) is 81.2 Å². The lowest BCUT2D eigenvalue weighted by Crippen LogP contribution is -2.43. The van der Waals surface area contributed by atoms with E-state index in [9.17, 15) is 8.42 Å². The number of benzene rings is 1. The van der Waals surface area contributed by atoms with Crippen LogP contribution in [0.5, 0.6) is 5.75 Å². The number of anilines is 3. The molecule has 1 saturated carbocycles. The van der Waals surface area contributed by atoms with Gasteiger partial charge in [0.15, 0.2) is 21.0 Å². The van der Waals surface area contributed by atoms with Gasteiger partial charge in [0, 0.05) is 19.8 Å². The minimum absolute atomic E-state index is 0.132. The maximum atomic E-state index is 13.0. The lowest BCUT2D eigenvalue weighted by atomic mass is 9.70. The van der Waals surface area contributed by atoms with Gasteiger partial charge < -0.3 is 25.7 Å². The molecule has 218 valence electrons. The van der Waals surface area contributed by atoms with Crippen LogP contribution in [-0.4, -0.2) is 60.3 Å². The van der Waals surface area contributed by atoms with Crippen molar-refractivity contribution in [2.24, 2.45) is 5.41 Å². The summed E-state index contributed by atoms with van der Waals surface area (Å²) in [5, 5.41) is 10.4. The molecule has 40 heavy (non-hydrogen) atoms. The highest BCUT2D eigenvalue weighted by molar-refractivity contribution is 7.92. The van der Waals surface area contributed by atoms with E-state index >= 15 is 0 Å². The fraction of sp³-hybridized carbons (Fsp3) is 0.571. The van der Waals surface area contributed by atoms with Crippen LogP contribution in [-0.2, 0) is 9.84 Å². The predicted molar refractivity (Wildman–Crippen MR) is 160 cm³/mol. The second-order valence-electron chi connectivity index (χ2n) is 12.0. The summed E-state index contributed by atoms with van der Waals surface area (Å²) >= 11 is 6.45. The molecule has 2 unspecified atom stereocenters. The Morgan fingerprint density at radius 3 is 2.62 bits per heavy atom. The molecule has 1 aromatic heterocycles. The molecule has 1 aromatic carbocycles. The zero-order valence-electron chi connectivity index (χ0n) is 24.0. The van der Waals surface area contributed by atoms with Crippen LogP contribution >= 0.6 is 11.6 Å². The number of aromatic nitrogens is 2. The van der Waals surface area contributed by atoms with Gasteiger partial charge in [-0.1, -0.05) is 25.4 Å². The predicted octanol–water partition coefficient (Wildman–Crippen LogP) is 4.68. The number of halogens is 1. The first-order valence-corrected chi connectivity index (χ1v) is 15.9. The summed E-state index contributed by atoms with van der Waals surface area (Å²) in [4.78, 5) is 9.01. The SMILES string of the molecule is Cc1cc(Nc2ncc(Cl)c(NC3=CN(C)NC3S(=O)(=O)C(C)C)n2)c(OC2CC2)cc1C1CCNCC1(C)C. The molecule has 0 spiro atoms. The molecule has 3 heterocycles. The molecule has 3 aliphatic rings. The zero-order chi connectivity index (χ0) is 28.8. The number of piperidine rings is 1. The quantitative estimate of drug-likeness (QED) is 0.328. The Kier molecular flexibility index (Phi) is 7.95. The van der Waals surface area contributed by atoms with Gasteiger partial charge in [0.05, 0.1) is 28.9 Å². The van der Waals surface area contributed by atoms with Gasteiger partial charge in [-0.3, -0.25) is 0 Å². The molecule has 4 N–H and O–H groups in total. The van der Waals surface area contributed by atoms with Gasteiger partial charge in [-0.2, -0.15) is 4.98 Å². The van der Waals surface area contributed by atoms with Crippen molar-refractivity contribution >= 4 is 38.9 Å². The molecule has 1 saturated heterocycles. The van der Waals surface area contributed by atoms with Gasteiger partial charge in [0.2, 0.25) is 5.95 Å². The van der Waals surface area contributed by atoms with Crippen LogP contribution in [0.4, 0.5) is 17.5 Å². The van der Waals surface area contributed by atoms with E-state index < -0.39 is 20.5 Å². The molecule has 0 bridgehead atoms. The van der Waals surface area contributed by atoms with Gasteiger partial charge in [0.1, 0.15) is 10.8 Å². The minimum atomic E-state index is -3.49. The van der Waals surface area contributed by atoms with Gasteiger partial charge >= 0.3 is 0 Å².